The summed E-state index contributed by atoms with van der Waals surface area (Å²) in [4.78, 5) is 0. The van der Waals surface area contributed by atoms with Gasteiger partial charge in [0.15, 0.2) is 0 Å². The van der Waals surface area contributed by atoms with Gasteiger partial charge in [0.05, 0.1) is 5.69 Å². The van der Waals surface area contributed by atoms with Crippen LogP contribution in [0.4, 0.5) is 14.5 Å². The van der Waals surface area contributed by atoms with Crippen molar-refractivity contribution in [2.75, 3.05) is 17.7 Å². The van der Waals surface area contributed by atoms with E-state index in [4.69, 9.17) is 11.6 Å². The number of benzene rings is 1. The van der Waals surface area contributed by atoms with Gasteiger partial charge in [-0.15, -0.1) is 11.6 Å². The molecule has 0 spiro atoms. The fourth-order valence-electron chi connectivity index (χ4n) is 1.10. The SMILES string of the molecule is Cc1cc(F)c(NC/C=C/CCl)cc1F. The van der Waals surface area contributed by atoms with E-state index in [1.165, 1.54) is 13.0 Å². The van der Waals surface area contributed by atoms with Gasteiger partial charge in [-0.3, -0.25) is 0 Å². The lowest BCUT2D eigenvalue weighted by Gasteiger charge is -2.06. The zero-order valence-electron chi connectivity index (χ0n) is 8.36. The van der Waals surface area contributed by atoms with Gasteiger partial charge in [0, 0.05) is 18.5 Å². The first-order valence-corrected chi connectivity index (χ1v) is 5.09. The Labute approximate surface area is 92.8 Å². The molecule has 0 aliphatic heterocycles. The van der Waals surface area contributed by atoms with E-state index in [1.54, 1.807) is 12.2 Å². The topological polar surface area (TPSA) is 12.0 Å². The van der Waals surface area contributed by atoms with Crippen molar-refractivity contribution in [3.63, 3.8) is 0 Å². The Morgan fingerprint density at radius 2 is 2.00 bits per heavy atom. The molecule has 0 bridgehead atoms. The Hall–Kier alpha value is -1.09. The number of rotatable bonds is 4. The third-order valence-corrected chi connectivity index (χ3v) is 2.09. The molecule has 0 aromatic heterocycles. The van der Waals surface area contributed by atoms with Crippen molar-refractivity contribution in [3.8, 4) is 0 Å². The molecule has 0 aliphatic carbocycles. The van der Waals surface area contributed by atoms with Crippen LogP contribution in [0.2, 0.25) is 0 Å². The normalized spacial score (nSPS) is 10.9. The second kappa shape index (κ2) is 5.71. The summed E-state index contributed by atoms with van der Waals surface area (Å²) in [6, 6.07) is 2.32. The van der Waals surface area contributed by atoms with Gasteiger partial charge in [0.2, 0.25) is 0 Å². The van der Waals surface area contributed by atoms with Crippen molar-refractivity contribution in [2.45, 2.75) is 6.92 Å². The van der Waals surface area contributed by atoms with Crippen molar-refractivity contribution >= 4 is 17.3 Å². The zero-order chi connectivity index (χ0) is 11.3. The minimum absolute atomic E-state index is 0.164. The Bertz CT molecular complexity index is 364. The summed E-state index contributed by atoms with van der Waals surface area (Å²) in [7, 11) is 0. The number of aryl methyl sites for hydroxylation is 1. The molecule has 1 N–H and O–H groups in total. The number of alkyl halides is 1. The number of halogens is 3. The summed E-state index contributed by atoms with van der Waals surface area (Å²) >= 11 is 5.41. The van der Waals surface area contributed by atoms with Crippen LogP contribution in [0.25, 0.3) is 0 Å². The maximum atomic E-state index is 13.3. The molecule has 0 amide bonds. The van der Waals surface area contributed by atoms with Crippen LogP contribution in [0.15, 0.2) is 24.3 Å². The number of anilines is 1. The molecule has 0 saturated carbocycles. The molecule has 0 aliphatic rings. The van der Waals surface area contributed by atoms with Crippen molar-refractivity contribution in [2.24, 2.45) is 0 Å². The fraction of sp³-hybridized carbons (Fsp3) is 0.273. The molecule has 15 heavy (non-hydrogen) atoms. The Morgan fingerprint density at radius 3 is 2.67 bits per heavy atom. The molecule has 1 aromatic rings. The average Bonchev–Trinajstić information content (AvgIpc) is 2.20. The highest BCUT2D eigenvalue weighted by Gasteiger charge is 2.05. The summed E-state index contributed by atoms with van der Waals surface area (Å²) in [5.41, 5.74) is 0.465. The lowest BCUT2D eigenvalue weighted by Crippen LogP contribution is -2.02. The fourth-order valence-corrected chi connectivity index (χ4v) is 1.22. The van der Waals surface area contributed by atoms with Gasteiger partial charge < -0.3 is 5.32 Å². The number of hydrogen-bond donors (Lipinski definition) is 1. The van der Waals surface area contributed by atoms with Gasteiger partial charge in [0.25, 0.3) is 0 Å². The molecule has 0 atom stereocenters. The second-order valence-corrected chi connectivity index (χ2v) is 3.40. The van der Waals surface area contributed by atoms with Crippen LogP contribution in [0.1, 0.15) is 5.56 Å². The summed E-state index contributed by atoms with van der Waals surface area (Å²) in [6.45, 7) is 1.95. The highest BCUT2D eigenvalue weighted by Crippen LogP contribution is 2.18. The molecule has 4 heteroatoms. The predicted octanol–water partition coefficient (Wildman–Crippen LogP) is 3.48. The molecular weight excluding hydrogens is 220 g/mol. The van der Waals surface area contributed by atoms with E-state index in [0.717, 1.165) is 6.07 Å². The number of allylic oxidation sites excluding steroid dienone is 1. The lowest BCUT2D eigenvalue weighted by atomic mass is 10.2. The smallest absolute Gasteiger partial charge is 0.146 e. The minimum Gasteiger partial charge on any atom is -0.379 e. The predicted molar refractivity (Wildman–Crippen MR) is 59.4 cm³/mol. The molecule has 82 valence electrons. The van der Waals surface area contributed by atoms with Crippen LogP contribution < -0.4 is 5.32 Å². The molecule has 0 radical (unpaired) electrons. The Morgan fingerprint density at radius 1 is 1.27 bits per heavy atom. The first kappa shape index (κ1) is 12.0. The quantitative estimate of drug-likeness (QED) is 0.618. The molecule has 0 fully saturated rings. The molecule has 0 heterocycles. The first-order valence-electron chi connectivity index (χ1n) is 4.55. The summed E-state index contributed by atoms with van der Waals surface area (Å²) in [5.74, 6) is -0.458. The van der Waals surface area contributed by atoms with Crippen LogP contribution in [0, 0.1) is 18.6 Å². The van der Waals surface area contributed by atoms with E-state index in [9.17, 15) is 8.78 Å². The van der Waals surface area contributed by atoms with E-state index in [0.29, 0.717) is 18.0 Å². The summed E-state index contributed by atoms with van der Waals surface area (Å²) in [5, 5.41) is 2.76. The van der Waals surface area contributed by atoms with Gasteiger partial charge in [-0.2, -0.15) is 0 Å². The van der Waals surface area contributed by atoms with Crippen LogP contribution >= 0.6 is 11.6 Å². The number of nitrogens with one attached hydrogen (secondary N) is 1. The zero-order valence-corrected chi connectivity index (χ0v) is 9.11. The molecular formula is C11H12ClF2N. The van der Waals surface area contributed by atoms with Gasteiger partial charge in [-0.05, 0) is 18.6 Å². The van der Waals surface area contributed by atoms with E-state index < -0.39 is 11.6 Å². The average molecular weight is 232 g/mol. The molecule has 1 nitrogen and oxygen atoms in total. The van der Waals surface area contributed by atoms with Gasteiger partial charge >= 0.3 is 0 Å². The molecule has 1 aromatic carbocycles. The standard InChI is InChI=1S/C11H12ClF2N/c1-8-6-10(14)11(7-9(8)13)15-5-3-2-4-12/h2-3,6-7,15H,4-5H2,1H3/b3-2+. The van der Waals surface area contributed by atoms with Crippen LogP contribution in [0.5, 0.6) is 0 Å². The van der Waals surface area contributed by atoms with E-state index >= 15 is 0 Å². The third kappa shape index (κ3) is 3.51. The summed E-state index contributed by atoms with van der Waals surface area (Å²) < 4.78 is 26.3. The van der Waals surface area contributed by atoms with E-state index in [1.807, 2.05) is 0 Å². The molecule has 0 saturated heterocycles. The summed E-state index contributed by atoms with van der Waals surface area (Å²) in [6.07, 6.45) is 3.49. The number of hydrogen-bond acceptors (Lipinski definition) is 1. The highest BCUT2D eigenvalue weighted by molar-refractivity contribution is 6.18. The van der Waals surface area contributed by atoms with Crippen molar-refractivity contribution in [1.29, 1.82) is 0 Å². The molecule has 1 rings (SSSR count). The van der Waals surface area contributed by atoms with Crippen LogP contribution in [0.3, 0.4) is 0 Å². The first-order chi connectivity index (χ1) is 7.15. The maximum Gasteiger partial charge on any atom is 0.146 e. The van der Waals surface area contributed by atoms with Crippen molar-refractivity contribution in [3.05, 3.63) is 41.5 Å². The van der Waals surface area contributed by atoms with Crippen molar-refractivity contribution < 1.29 is 8.78 Å². The van der Waals surface area contributed by atoms with Crippen molar-refractivity contribution in [1.82, 2.24) is 0 Å². The molecule has 0 unspecified atom stereocenters. The van der Waals surface area contributed by atoms with Gasteiger partial charge in [-0.25, -0.2) is 8.78 Å². The largest absolute Gasteiger partial charge is 0.379 e. The minimum atomic E-state index is -0.451. The van der Waals surface area contributed by atoms with Crippen LogP contribution in [-0.4, -0.2) is 12.4 Å². The Balaban J connectivity index is 2.69. The third-order valence-electron chi connectivity index (χ3n) is 1.91. The highest BCUT2D eigenvalue weighted by atomic mass is 35.5. The van der Waals surface area contributed by atoms with Gasteiger partial charge in [-0.1, -0.05) is 12.2 Å². The maximum absolute atomic E-state index is 13.3. The van der Waals surface area contributed by atoms with Crippen LogP contribution in [-0.2, 0) is 0 Å². The Kier molecular flexibility index (Phi) is 4.56. The second-order valence-electron chi connectivity index (χ2n) is 3.09. The monoisotopic (exact) mass is 231 g/mol. The van der Waals surface area contributed by atoms with Gasteiger partial charge in [0.1, 0.15) is 11.6 Å². The lowest BCUT2D eigenvalue weighted by molar-refractivity contribution is 0.595. The van der Waals surface area contributed by atoms with E-state index in [-0.39, 0.29) is 5.69 Å². The van der Waals surface area contributed by atoms with E-state index in [2.05, 4.69) is 5.32 Å².